The molecule has 0 bridgehead atoms. The van der Waals surface area contributed by atoms with Gasteiger partial charge in [0.1, 0.15) is 0 Å². The summed E-state index contributed by atoms with van der Waals surface area (Å²) in [6.45, 7) is 3.27. The molecular weight excluding hydrogens is 342 g/mol. The molecule has 2 amide bonds. The van der Waals surface area contributed by atoms with Crippen LogP contribution in [0.15, 0.2) is 42.6 Å². The van der Waals surface area contributed by atoms with Crippen LogP contribution in [0, 0.1) is 6.92 Å². The normalized spacial score (nSPS) is 21.4. The molecule has 0 spiro atoms. The predicted octanol–water partition coefficient (Wildman–Crippen LogP) is 2.78. The summed E-state index contributed by atoms with van der Waals surface area (Å²) >= 11 is 0. The second-order valence-corrected chi connectivity index (χ2v) is 7.11. The summed E-state index contributed by atoms with van der Waals surface area (Å²) in [4.78, 5) is 31.6. The molecule has 3 heterocycles. The van der Waals surface area contributed by atoms with Crippen LogP contribution >= 0.6 is 0 Å². The van der Waals surface area contributed by atoms with Crippen molar-refractivity contribution in [1.29, 1.82) is 0 Å². The van der Waals surface area contributed by atoms with Crippen LogP contribution in [0.3, 0.4) is 0 Å². The molecule has 1 fully saturated rings. The zero-order valence-corrected chi connectivity index (χ0v) is 15.4. The number of ether oxygens (including phenoxy) is 1. The summed E-state index contributed by atoms with van der Waals surface area (Å²) in [5, 5.41) is 2.95. The Morgan fingerprint density at radius 3 is 2.85 bits per heavy atom. The summed E-state index contributed by atoms with van der Waals surface area (Å²) in [7, 11) is 0. The van der Waals surface area contributed by atoms with E-state index >= 15 is 0 Å². The van der Waals surface area contributed by atoms with Gasteiger partial charge in [0.15, 0.2) is 0 Å². The van der Waals surface area contributed by atoms with Crippen LogP contribution in [0.5, 0.6) is 0 Å². The Morgan fingerprint density at radius 2 is 2.11 bits per heavy atom. The number of nitrogens with zero attached hydrogens (tertiary/aromatic N) is 2. The molecule has 6 nitrogen and oxygen atoms in total. The minimum absolute atomic E-state index is 0.0952. The van der Waals surface area contributed by atoms with Crippen LogP contribution in [-0.4, -0.2) is 36.1 Å². The maximum absolute atomic E-state index is 13.0. The minimum Gasteiger partial charge on any atom is -0.376 e. The summed E-state index contributed by atoms with van der Waals surface area (Å²) in [5.74, 6) is -0.210. The highest BCUT2D eigenvalue weighted by Crippen LogP contribution is 2.38. The number of amides is 2. The number of aryl methyl sites for hydroxylation is 1. The highest BCUT2D eigenvalue weighted by Gasteiger charge is 2.39. The number of anilines is 1. The highest BCUT2D eigenvalue weighted by molar-refractivity contribution is 6.11. The number of nitrogens with one attached hydrogen (secondary N) is 1. The Labute approximate surface area is 158 Å². The van der Waals surface area contributed by atoms with Gasteiger partial charge in [-0.05, 0) is 44.0 Å². The summed E-state index contributed by atoms with van der Waals surface area (Å²) < 4.78 is 5.56. The lowest BCUT2D eigenvalue weighted by Gasteiger charge is -2.25. The Morgan fingerprint density at radius 1 is 1.30 bits per heavy atom. The van der Waals surface area contributed by atoms with Crippen LogP contribution in [0.1, 0.15) is 46.9 Å². The molecule has 0 unspecified atom stereocenters. The van der Waals surface area contributed by atoms with Crippen molar-refractivity contribution >= 4 is 17.5 Å². The number of rotatable bonds is 5. The van der Waals surface area contributed by atoms with Crippen molar-refractivity contribution < 1.29 is 14.3 Å². The zero-order chi connectivity index (χ0) is 18.8. The Balaban J connectivity index is 1.55. The van der Waals surface area contributed by atoms with Crippen molar-refractivity contribution in [1.82, 2.24) is 10.3 Å². The standard InChI is InChI=1S/C21H23N3O3/c1-14-6-8-15(9-7-14)24-18(20-17(21(24)26)5-2-10-22-20)12-19(25)23-13-16-4-3-11-27-16/h2,5-10,16,18H,3-4,11-13H2,1H3,(H,23,25)/t16-,18+/m0/s1. The number of carbonyl (C=O) groups excluding carboxylic acids is 2. The lowest BCUT2D eigenvalue weighted by Crippen LogP contribution is -2.36. The van der Waals surface area contributed by atoms with Gasteiger partial charge in [0.05, 0.1) is 29.8 Å². The molecule has 27 heavy (non-hydrogen) atoms. The summed E-state index contributed by atoms with van der Waals surface area (Å²) in [6.07, 6.45) is 3.95. The molecule has 0 saturated carbocycles. The van der Waals surface area contributed by atoms with E-state index in [1.54, 1.807) is 23.2 Å². The van der Waals surface area contributed by atoms with Crippen molar-refractivity contribution in [3.63, 3.8) is 0 Å². The van der Waals surface area contributed by atoms with E-state index in [2.05, 4.69) is 10.3 Å². The number of fused-ring (bicyclic) bond motifs is 1. The first kappa shape index (κ1) is 17.7. The first-order valence-electron chi connectivity index (χ1n) is 9.37. The number of aromatic nitrogens is 1. The van der Waals surface area contributed by atoms with Gasteiger partial charge >= 0.3 is 0 Å². The molecule has 1 aromatic carbocycles. The lowest BCUT2D eigenvalue weighted by atomic mass is 10.1. The van der Waals surface area contributed by atoms with Gasteiger partial charge in [0.25, 0.3) is 5.91 Å². The molecule has 1 aromatic heterocycles. The number of hydrogen-bond acceptors (Lipinski definition) is 4. The van der Waals surface area contributed by atoms with E-state index in [0.717, 1.165) is 30.7 Å². The second kappa shape index (κ2) is 7.48. The van der Waals surface area contributed by atoms with Gasteiger partial charge in [-0.2, -0.15) is 0 Å². The number of pyridine rings is 1. The maximum Gasteiger partial charge on any atom is 0.260 e. The Bertz CT molecular complexity index is 844. The third-order valence-electron chi connectivity index (χ3n) is 5.16. The SMILES string of the molecule is Cc1ccc(N2C(=O)c3cccnc3[C@H]2CC(=O)NC[C@@H]2CCCO2)cc1. The molecule has 2 aromatic rings. The maximum atomic E-state index is 13.0. The van der Waals surface area contributed by atoms with Crippen molar-refractivity contribution in [2.75, 3.05) is 18.1 Å². The smallest absolute Gasteiger partial charge is 0.260 e. The van der Waals surface area contributed by atoms with E-state index in [1.807, 2.05) is 31.2 Å². The van der Waals surface area contributed by atoms with Gasteiger partial charge < -0.3 is 10.1 Å². The molecule has 6 heteroatoms. The minimum atomic E-state index is -0.402. The van der Waals surface area contributed by atoms with Gasteiger partial charge in [-0.15, -0.1) is 0 Å². The fourth-order valence-corrected chi connectivity index (χ4v) is 3.73. The van der Waals surface area contributed by atoms with Crippen LogP contribution in [0.25, 0.3) is 0 Å². The topological polar surface area (TPSA) is 71.5 Å². The third kappa shape index (κ3) is 3.57. The van der Waals surface area contributed by atoms with E-state index < -0.39 is 6.04 Å². The third-order valence-corrected chi connectivity index (χ3v) is 5.16. The Hall–Kier alpha value is -2.73. The van der Waals surface area contributed by atoms with Gasteiger partial charge in [-0.3, -0.25) is 19.5 Å². The molecule has 1 N–H and O–H groups in total. The van der Waals surface area contributed by atoms with Gasteiger partial charge in [-0.1, -0.05) is 17.7 Å². The van der Waals surface area contributed by atoms with Crippen molar-refractivity contribution in [3.8, 4) is 0 Å². The molecule has 4 rings (SSSR count). The van der Waals surface area contributed by atoms with E-state index in [9.17, 15) is 9.59 Å². The van der Waals surface area contributed by atoms with Crippen LogP contribution < -0.4 is 10.2 Å². The van der Waals surface area contributed by atoms with Crippen LogP contribution in [-0.2, 0) is 9.53 Å². The highest BCUT2D eigenvalue weighted by atomic mass is 16.5. The monoisotopic (exact) mass is 365 g/mol. The molecule has 0 radical (unpaired) electrons. The van der Waals surface area contributed by atoms with Gasteiger partial charge in [0.2, 0.25) is 5.91 Å². The average molecular weight is 365 g/mol. The number of carbonyl (C=O) groups is 2. The molecule has 2 aliphatic heterocycles. The van der Waals surface area contributed by atoms with Crippen LogP contribution in [0.4, 0.5) is 5.69 Å². The molecule has 1 saturated heterocycles. The fraction of sp³-hybridized carbons (Fsp3) is 0.381. The van der Waals surface area contributed by atoms with Gasteiger partial charge in [0, 0.05) is 25.0 Å². The Kier molecular flexibility index (Phi) is 4.90. The van der Waals surface area contributed by atoms with Crippen molar-refractivity contribution in [2.45, 2.75) is 38.3 Å². The van der Waals surface area contributed by atoms with E-state index in [0.29, 0.717) is 17.8 Å². The summed E-state index contributed by atoms with van der Waals surface area (Å²) in [5.41, 5.74) is 3.12. The average Bonchev–Trinajstić information content (AvgIpc) is 3.29. The molecule has 140 valence electrons. The van der Waals surface area contributed by atoms with Crippen LogP contribution in [0.2, 0.25) is 0 Å². The van der Waals surface area contributed by atoms with Crippen molar-refractivity contribution in [3.05, 3.63) is 59.4 Å². The lowest BCUT2D eigenvalue weighted by molar-refractivity contribution is -0.121. The van der Waals surface area contributed by atoms with E-state index in [4.69, 9.17) is 4.74 Å². The largest absolute Gasteiger partial charge is 0.376 e. The van der Waals surface area contributed by atoms with Gasteiger partial charge in [-0.25, -0.2) is 0 Å². The number of benzene rings is 1. The first-order valence-corrected chi connectivity index (χ1v) is 9.37. The molecule has 0 aliphatic carbocycles. The quantitative estimate of drug-likeness (QED) is 0.884. The van der Waals surface area contributed by atoms with E-state index in [1.165, 1.54) is 0 Å². The predicted molar refractivity (Wildman–Crippen MR) is 102 cm³/mol. The fourth-order valence-electron chi connectivity index (χ4n) is 3.73. The molecule has 2 atom stereocenters. The second-order valence-electron chi connectivity index (χ2n) is 7.11. The van der Waals surface area contributed by atoms with E-state index in [-0.39, 0.29) is 24.3 Å². The molecular formula is C21H23N3O3. The number of hydrogen-bond donors (Lipinski definition) is 1. The molecule has 2 aliphatic rings. The first-order chi connectivity index (χ1) is 13.1. The van der Waals surface area contributed by atoms with Crippen molar-refractivity contribution in [2.24, 2.45) is 0 Å². The summed E-state index contributed by atoms with van der Waals surface area (Å²) in [6, 6.07) is 10.9. The zero-order valence-electron chi connectivity index (χ0n) is 15.4.